The van der Waals surface area contributed by atoms with E-state index >= 15 is 0 Å². The Balaban J connectivity index is 3.92. The third-order valence-electron chi connectivity index (χ3n) is 1.11. The number of hydrazine groups is 1. The van der Waals surface area contributed by atoms with E-state index in [1.807, 2.05) is 10.9 Å². The molecule has 0 aromatic carbocycles. The van der Waals surface area contributed by atoms with Crippen LogP contribution in [0.25, 0.3) is 0 Å². The van der Waals surface area contributed by atoms with E-state index in [0.717, 1.165) is 0 Å². The van der Waals surface area contributed by atoms with Crippen molar-refractivity contribution in [2.75, 3.05) is 7.05 Å². The maximum absolute atomic E-state index is 11.0. The Morgan fingerprint density at radius 2 is 1.53 bits per heavy atom. The summed E-state index contributed by atoms with van der Waals surface area (Å²) in [6.07, 6.45) is -0.834. The molecule has 0 aliphatic carbocycles. The van der Waals surface area contributed by atoms with E-state index in [4.69, 9.17) is 4.74 Å². The normalized spacial score (nSPS) is 10.1. The molecular formula is C8H15N3O4. The van der Waals surface area contributed by atoms with Crippen LogP contribution in [0.4, 0.5) is 4.79 Å². The lowest BCUT2D eigenvalue weighted by atomic mass is 10.2. The summed E-state index contributed by atoms with van der Waals surface area (Å²) >= 11 is 0. The van der Waals surface area contributed by atoms with Crippen molar-refractivity contribution in [3.05, 3.63) is 0 Å². The molecule has 0 aromatic rings. The first kappa shape index (κ1) is 13.2. The molecule has 0 atom stereocenters. The molecule has 7 nitrogen and oxygen atoms in total. The zero-order valence-corrected chi connectivity index (χ0v) is 9.13. The highest BCUT2D eigenvalue weighted by molar-refractivity contribution is 6.35. The van der Waals surface area contributed by atoms with Gasteiger partial charge in [0.15, 0.2) is 0 Å². The Kier molecular flexibility index (Phi) is 4.56. The second-order valence-corrected chi connectivity index (χ2v) is 3.66. The number of rotatable bonds is 0. The van der Waals surface area contributed by atoms with Gasteiger partial charge in [-0.15, -0.1) is 0 Å². The number of amides is 3. The molecule has 0 spiro atoms. The van der Waals surface area contributed by atoms with Gasteiger partial charge in [-0.3, -0.25) is 15.0 Å². The molecule has 0 aliphatic rings. The van der Waals surface area contributed by atoms with Gasteiger partial charge < -0.3 is 10.1 Å². The molecule has 0 radical (unpaired) electrons. The van der Waals surface area contributed by atoms with Crippen molar-refractivity contribution >= 4 is 17.9 Å². The molecule has 15 heavy (non-hydrogen) atoms. The molecule has 0 heterocycles. The molecule has 0 saturated heterocycles. The number of likely N-dealkylation sites (N-methyl/N-ethyl adjacent to an activating group) is 1. The van der Waals surface area contributed by atoms with Crippen LogP contribution in [-0.4, -0.2) is 30.6 Å². The first-order chi connectivity index (χ1) is 6.76. The van der Waals surface area contributed by atoms with Gasteiger partial charge in [0.25, 0.3) is 0 Å². The maximum Gasteiger partial charge on any atom is 0.426 e. The number of hydrogen-bond acceptors (Lipinski definition) is 4. The van der Waals surface area contributed by atoms with E-state index in [1.165, 1.54) is 7.05 Å². The zero-order valence-electron chi connectivity index (χ0n) is 9.13. The van der Waals surface area contributed by atoms with Crippen LogP contribution in [-0.2, 0) is 14.3 Å². The Hall–Kier alpha value is -1.79. The summed E-state index contributed by atoms with van der Waals surface area (Å²) in [4.78, 5) is 32.5. The molecule has 0 rings (SSSR count). The Bertz CT molecular complexity index is 270. The fourth-order valence-electron chi connectivity index (χ4n) is 0.582. The number of carbonyl (C=O) groups is 3. The molecular weight excluding hydrogens is 202 g/mol. The van der Waals surface area contributed by atoms with Gasteiger partial charge in [0, 0.05) is 7.05 Å². The van der Waals surface area contributed by atoms with Crippen LogP contribution in [0, 0.1) is 0 Å². The summed E-state index contributed by atoms with van der Waals surface area (Å²) in [5.74, 6) is -1.82. The van der Waals surface area contributed by atoms with Crippen molar-refractivity contribution in [2.45, 2.75) is 26.4 Å². The van der Waals surface area contributed by atoms with E-state index in [1.54, 1.807) is 20.8 Å². The van der Waals surface area contributed by atoms with Crippen LogP contribution in [0.3, 0.4) is 0 Å². The van der Waals surface area contributed by atoms with Gasteiger partial charge in [0.2, 0.25) is 0 Å². The highest BCUT2D eigenvalue weighted by Crippen LogP contribution is 2.05. The van der Waals surface area contributed by atoms with Crippen molar-refractivity contribution in [3.8, 4) is 0 Å². The predicted molar refractivity (Wildman–Crippen MR) is 51.6 cm³/mol. The molecule has 0 aromatic heterocycles. The lowest BCUT2D eigenvalue weighted by Gasteiger charge is -2.19. The van der Waals surface area contributed by atoms with E-state index in [2.05, 4.69) is 5.32 Å². The third kappa shape index (κ3) is 6.30. The molecule has 0 fully saturated rings. The van der Waals surface area contributed by atoms with Gasteiger partial charge in [0.05, 0.1) is 0 Å². The number of nitrogens with one attached hydrogen (secondary N) is 3. The first-order valence-corrected chi connectivity index (χ1v) is 4.27. The largest absolute Gasteiger partial charge is 0.443 e. The second-order valence-electron chi connectivity index (χ2n) is 3.66. The average molecular weight is 217 g/mol. The van der Waals surface area contributed by atoms with Gasteiger partial charge >= 0.3 is 17.9 Å². The Morgan fingerprint density at radius 3 is 1.93 bits per heavy atom. The van der Waals surface area contributed by atoms with Crippen LogP contribution in [0.5, 0.6) is 0 Å². The van der Waals surface area contributed by atoms with Gasteiger partial charge in [-0.1, -0.05) is 0 Å². The van der Waals surface area contributed by atoms with E-state index in [9.17, 15) is 14.4 Å². The highest BCUT2D eigenvalue weighted by atomic mass is 16.6. The van der Waals surface area contributed by atoms with E-state index in [0.29, 0.717) is 0 Å². The molecule has 86 valence electrons. The number of ether oxygens (including phenoxy) is 1. The van der Waals surface area contributed by atoms with Gasteiger partial charge in [-0.05, 0) is 20.8 Å². The third-order valence-corrected chi connectivity index (χ3v) is 1.11. The van der Waals surface area contributed by atoms with Crippen LogP contribution in [0.2, 0.25) is 0 Å². The van der Waals surface area contributed by atoms with Crippen LogP contribution in [0.1, 0.15) is 20.8 Å². The van der Waals surface area contributed by atoms with Crippen molar-refractivity contribution in [1.82, 2.24) is 16.2 Å². The molecule has 3 amide bonds. The number of hydrogen-bond donors (Lipinski definition) is 3. The second kappa shape index (κ2) is 5.18. The quantitative estimate of drug-likeness (QED) is 0.369. The maximum atomic E-state index is 11.0. The van der Waals surface area contributed by atoms with E-state index < -0.39 is 23.5 Å². The van der Waals surface area contributed by atoms with Crippen molar-refractivity contribution in [1.29, 1.82) is 0 Å². The predicted octanol–water partition coefficient (Wildman–Crippen LogP) is -0.712. The minimum absolute atomic E-state index is 0.665. The highest BCUT2D eigenvalue weighted by Gasteiger charge is 2.17. The summed E-state index contributed by atoms with van der Waals surface area (Å²) in [6.45, 7) is 5.02. The summed E-state index contributed by atoms with van der Waals surface area (Å²) in [5.41, 5.74) is 3.15. The smallest absolute Gasteiger partial charge is 0.426 e. The van der Waals surface area contributed by atoms with Crippen LogP contribution in [0.15, 0.2) is 0 Å². The minimum Gasteiger partial charge on any atom is -0.443 e. The minimum atomic E-state index is -0.969. The summed E-state index contributed by atoms with van der Waals surface area (Å²) in [5, 5.41) is 2.09. The van der Waals surface area contributed by atoms with Gasteiger partial charge in [0.1, 0.15) is 5.60 Å². The van der Waals surface area contributed by atoms with Crippen molar-refractivity contribution in [3.63, 3.8) is 0 Å². The van der Waals surface area contributed by atoms with E-state index in [-0.39, 0.29) is 0 Å². The fraction of sp³-hybridized carbons (Fsp3) is 0.625. The SMILES string of the molecule is CNC(=O)C(=O)NNC(=O)OC(C)(C)C. The lowest BCUT2D eigenvalue weighted by molar-refractivity contribution is -0.139. The molecule has 0 saturated carbocycles. The molecule has 7 heteroatoms. The van der Waals surface area contributed by atoms with Crippen LogP contribution < -0.4 is 16.2 Å². The van der Waals surface area contributed by atoms with Crippen molar-refractivity contribution in [2.24, 2.45) is 0 Å². The molecule has 3 N–H and O–H groups in total. The summed E-state index contributed by atoms with van der Waals surface area (Å²) in [6, 6.07) is 0. The standard InChI is InChI=1S/C8H15N3O4/c1-8(2,3)15-7(14)11-10-6(13)5(12)9-4/h1-4H3,(H,9,12)(H,10,13)(H,11,14). The Morgan fingerprint density at radius 1 is 1.00 bits per heavy atom. The summed E-state index contributed by atoms with van der Waals surface area (Å²) < 4.78 is 4.81. The molecule has 0 aliphatic heterocycles. The van der Waals surface area contributed by atoms with Crippen molar-refractivity contribution < 1.29 is 19.1 Å². The van der Waals surface area contributed by atoms with Gasteiger partial charge in [-0.25, -0.2) is 10.2 Å². The lowest BCUT2D eigenvalue weighted by Crippen LogP contribution is -2.49. The zero-order chi connectivity index (χ0) is 12.1. The average Bonchev–Trinajstić information content (AvgIpc) is 2.10. The fourth-order valence-corrected chi connectivity index (χ4v) is 0.582. The molecule has 0 bridgehead atoms. The monoisotopic (exact) mass is 217 g/mol. The van der Waals surface area contributed by atoms with Crippen LogP contribution >= 0.6 is 0 Å². The number of carbonyl (C=O) groups excluding carboxylic acids is 3. The Labute approximate surface area is 87.5 Å². The topological polar surface area (TPSA) is 96.5 Å². The van der Waals surface area contributed by atoms with Gasteiger partial charge in [-0.2, -0.15) is 0 Å². The molecule has 0 unspecified atom stereocenters. The first-order valence-electron chi connectivity index (χ1n) is 4.27. The summed E-state index contributed by atoms with van der Waals surface area (Å²) in [7, 11) is 1.30.